The summed E-state index contributed by atoms with van der Waals surface area (Å²) in [4.78, 5) is 4.85. The molecule has 2 N–H and O–H groups in total. The molecule has 0 aromatic heterocycles. The molecule has 1 aliphatic rings. The number of hydrogen-bond acceptors (Lipinski definition) is 4. The maximum atomic E-state index is 6.00. The van der Waals surface area contributed by atoms with Crippen molar-refractivity contribution in [3.05, 3.63) is 29.3 Å². The number of benzene rings is 1. The minimum Gasteiger partial charge on any atom is -0.496 e. The summed E-state index contributed by atoms with van der Waals surface area (Å²) in [6, 6.07) is 6.71. The largest absolute Gasteiger partial charge is 0.496 e. The fourth-order valence-corrected chi connectivity index (χ4v) is 2.74. The van der Waals surface area contributed by atoms with Gasteiger partial charge in [0.2, 0.25) is 0 Å². The summed E-state index contributed by atoms with van der Waals surface area (Å²) >= 11 is 0. The van der Waals surface area contributed by atoms with Crippen LogP contribution in [0.5, 0.6) is 5.75 Å². The van der Waals surface area contributed by atoms with Crippen LogP contribution in [0.4, 0.5) is 0 Å². The first-order chi connectivity index (χ1) is 9.15. The highest BCUT2D eigenvalue weighted by molar-refractivity contribution is 5.37. The van der Waals surface area contributed by atoms with E-state index in [0.717, 1.165) is 31.9 Å². The van der Waals surface area contributed by atoms with Gasteiger partial charge in [0.1, 0.15) is 5.75 Å². The van der Waals surface area contributed by atoms with Gasteiger partial charge >= 0.3 is 0 Å². The summed E-state index contributed by atoms with van der Waals surface area (Å²) in [5, 5.41) is 0. The third kappa shape index (κ3) is 3.26. The molecular formula is C15H25N3O. The molecule has 0 aliphatic carbocycles. The smallest absolute Gasteiger partial charge is 0.121 e. The van der Waals surface area contributed by atoms with Gasteiger partial charge in [-0.2, -0.15) is 0 Å². The van der Waals surface area contributed by atoms with Crippen molar-refractivity contribution in [1.29, 1.82) is 0 Å². The summed E-state index contributed by atoms with van der Waals surface area (Å²) in [6.45, 7) is 7.15. The average Bonchev–Trinajstić information content (AvgIpc) is 2.42. The van der Waals surface area contributed by atoms with E-state index in [1.165, 1.54) is 11.1 Å². The Balaban J connectivity index is 2.15. The van der Waals surface area contributed by atoms with Crippen molar-refractivity contribution in [1.82, 2.24) is 9.80 Å². The molecule has 4 nitrogen and oxygen atoms in total. The first kappa shape index (κ1) is 14.3. The predicted octanol–water partition coefficient (Wildman–Crippen LogP) is 1.25. The van der Waals surface area contributed by atoms with Crippen molar-refractivity contribution < 1.29 is 4.74 Å². The Kier molecular flexibility index (Phi) is 4.80. The van der Waals surface area contributed by atoms with Gasteiger partial charge < -0.3 is 15.4 Å². The minimum atomic E-state index is 0.318. The second-order valence-corrected chi connectivity index (χ2v) is 5.32. The molecule has 1 fully saturated rings. The maximum absolute atomic E-state index is 6.00. The van der Waals surface area contributed by atoms with Crippen LogP contribution in [0.3, 0.4) is 0 Å². The lowest BCUT2D eigenvalue weighted by Gasteiger charge is -2.37. The van der Waals surface area contributed by atoms with E-state index in [0.29, 0.717) is 12.6 Å². The number of hydrogen-bond donors (Lipinski definition) is 1. The Labute approximate surface area is 116 Å². The highest BCUT2D eigenvalue weighted by Crippen LogP contribution is 2.26. The SMILES string of the molecule is COc1ccc(C(CN)N2CCN(C)CC2)cc1C. The Morgan fingerprint density at radius 2 is 1.95 bits per heavy atom. The summed E-state index contributed by atoms with van der Waals surface area (Å²) < 4.78 is 5.32. The van der Waals surface area contributed by atoms with Gasteiger partial charge in [0.05, 0.1) is 7.11 Å². The van der Waals surface area contributed by atoms with Gasteiger partial charge in [-0.3, -0.25) is 4.90 Å². The second kappa shape index (κ2) is 6.37. The predicted molar refractivity (Wildman–Crippen MR) is 78.6 cm³/mol. The molecule has 0 bridgehead atoms. The molecule has 0 spiro atoms. The molecule has 1 saturated heterocycles. The monoisotopic (exact) mass is 263 g/mol. The van der Waals surface area contributed by atoms with E-state index in [9.17, 15) is 0 Å². The Bertz CT molecular complexity index is 414. The minimum absolute atomic E-state index is 0.318. The lowest BCUT2D eigenvalue weighted by atomic mass is 10.0. The number of nitrogens with zero attached hydrogens (tertiary/aromatic N) is 2. The number of aryl methyl sites for hydroxylation is 1. The number of methoxy groups -OCH3 is 1. The lowest BCUT2D eigenvalue weighted by molar-refractivity contribution is 0.114. The van der Waals surface area contributed by atoms with Gasteiger partial charge in [0.15, 0.2) is 0 Å². The molecular weight excluding hydrogens is 238 g/mol. The highest BCUT2D eigenvalue weighted by Gasteiger charge is 2.23. The first-order valence-corrected chi connectivity index (χ1v) is 6.93. The molecule has 106 valence electrons. The number of nitrogens with two attached hydrogens (primary N) is 1. The third-order valence-corrected chi connectivity index (χ3v) is 4.01. The van der Waals surface area contributed by atoms with E-state index in [1.54, 1.807) is 7.11 Å². The zero-order valence-electron chi connectivity index (χ0n) is 12.2. The van der Waals surface area contributed by atoms with Gasteiger partial charge in [0.25, 0.3) is 0 Å². The van der Waals surface area contributed by atoms with E-state index < -0.39 is 0 Å². The fraction of sp³-hybridized carbons (Fsp3) is 0.600. The van der Waals surface area contributed by atoms with Gasteiger partial charge in [0, 0.05) is 38.8 Å². The van der Waals surface area contributed by atoms with E-state index in [1.807, 2.05) is 6.07 Å². The first-order valence-electron chi connectivity index (χ1n) is 6.93. The molecule has 1 aromatic rings. The number of likely N-dealkylation sites (N-methyl/N-ethyl adjacent to an activating group) is 1. The van der Waals surface area contributed by atoms with Gasteiger partial charge in [-0.1, -0.05) is 12.1 Å². The van der Waals surface area contributed by atoms with Crippen LogP contribution in [0.2, 0.25) is 0 Å². The van der Waals surface area contributed by atoms with E-state index in [4.69, 9.17) is 10.5 Å². The summed E-state index contributed by atoms with van der Waals surface area (Å²) in [5.74, 6) is 0.942. The number of rotatable bonds is 4. The lowest BCUT2D eigenvalue weighted by Crippen LogP contribution is -2.47. The quantitative estimate of drug-likeness (QED) is 0.888. The molecule has 1 atom stereocenters. The molecule has 1 aromatic carbocycles. The van der Waals surface area contributed by atoms with Crippen LogP contribution in [0, 0.1) is 6.92 Å². The van der Waals surface area contributed by atoms with E-state index in [-0.39, 0.29) is 0 Å². The average molecular weight is 263 g/mol. The molecule has 0 radical (unpaired) electrons. The molecule has 0 saturated carbocycles. The van der Waals surface area contributed by atoms with Crippen molar-refractivity contribution in [2.45, 2.75) is 13.0 Å². The zero-order chi connectivity index (χ0) is 13.8. The molecule has 2 rings (SSSR count). The van der Waals surface area contributed by atoms with Crippen molar-refractivity contribution in [2.24, 2.45) is 5.73 Å². The zero-order valence-corrected chi connectivity index (χ0v) is 12.2. The Morgan fingerprint density at radius 3 is 2.47 bits per heavy atom. The number of piperazine rings is 1. The molecule has 4 heteroatoms. The second-order valence-electron chi connectivity index (χ2n) is 5.32. The molecule has 1 unspecified atom stereocenters. The van der Waals surface area contributed by atoms with Crippen LogP contribution in [-0.2, 0) is 0 Å². The normalized spacial score (nSPS) is 19.4. The van der Waals surface area contributed by atoms with Crippen molar-refractivity contribution in [2.75, 3.05) is 46.9 Å². The molecule has 1 aliphatic heterocycles. The summed E-state index contributed by atoms with van der Waals surface area (Å²) in [6.07, 6.45) is 0. The van der Waals surface area contributed by atoms with Crippen LogP contribution in [-0.4, -0.2) is 56.7 Å². The van der Waals surface area contributed by atoms with Gasteiger partial charge in [-0.15, -0.1) is 0 Å². The molecule has 19 heavy (non-hydrogen) atoms. The molecule has 1 heterocycles. The van der Waals surface area contributed by atoms with Crippen LogP contribution in [0.1, 0.15) is 17.2 Å². The van der Waals surface area contributed by atoms with Crippen molar-refractivity contribution in [3.8, 4) is 5.75 Å². The standard InChI is InChI=1S/C15H25N3O/c1-12-10-13(4-5-15(12)19-3)14(11-16)18-8-6-17(2)7-9-18/h4-5,10,14H,6-9,11,16H2,1-3H3. The summed E-state index contributed by atoms with van der Waals surface area (Å²) in [5.41, 5.74) is 8.47. The summed E-state index contributed by atoms with van der Waals surface area (Å²) in [7, 11) is 3.88. The Morgan fingerprint density at radius 1 is 1.26 bits per heavy atom. The van der Waals surface area contributed by atoms with Crippen molar-refractivity contribution in [3.63, 3.8) is 0 Å². The fourth-order valence-electron chi connectivity index (χ4n) is 2.74. The van der Waals surface area contributed by atoms with Gasteiger partial charge in [-0.25, -0.2) is 0 Å². The third-order valence-electron chi connectivity index (χ3n) is 4.01. The van der Waals surface area contributed by atoms with Crippen LogP contribution >= 0.6 is 0 Å². The maximum Gasteiger partial charge on any atom is 0.121 e. The highest BCUT2D eigenvalue weighted by atomic mass is 16.5. The number of ether oxygens (including phenoxy) is 1. The Hall–Kier alpha value is -1.10. The van der Waals surface area contributed by atoms with Crippen LogP contribution < -0.4 is 10.5 Å². The van der Waals surface area contributed by atoms with Crippen LogP contribution in [0.25, 0.3) is 0 Å². The molecule has 0 amide bonds. The van der Waals surface area contributed by atoms with Crippen LogP contribution in [0.15, 0.2) is 18.2 Å². The van der Waals surface area contributed by atoms with E-state index in [2.05, 4.69) is 35.9 Å². The van der Waals surface area contributed by atoms with Gasteiger partial charge in [-0.05, 0) is 31.2 Å². The van der Waals surface area contributed by atoms with Crippen molar-refractivity contribution >= 4 is 0 Å². The van der Waals surface area contributed by atoms with E-state index >= 15 is 0 Å². The topological polar surface area (TPSA) is 41.7 Å².